The Labute approximate surface area is 433 Å². The molecule has 0 aromatic rings. The van der Waals surface area contributed by atoms with Crippen LogP contribution in [0.2, 0.25) is 0 Å². The lowest BCUT2D eigenvalue weighted by Gasteiger charge is -2.18. The molecule has 6 nitrogen and oxygen atoms in total. The van der Waals surface area contributed by atoms with Crippen molar-refractivity contribution < 1.29 is 28.6 Å². The molecule has 0 radical (unpaired) electrons. The number of allylic oxidation sites excluding steroid dienone is 12. The van der Waals surface area contributed by atoms with Crippen molar-refractivity contribution in [1.82, 2.24) is 0 Å². The number of hydrogen-bond donors (Lipinski definition) is 0. The Morgan fingerprint density at radius 3 is 0.971 bits per heavy atom. The van der Waals surface area contributed by atoms with Gasteiger partial charge in [-0.1, -0.05) is 248 Å². The van der Waals surface area contributed by atoms with Crippen LogP contribution in [0.25, 0.3) is 0 Å². The highest BCUT2D eigenvalue weighted by Crippen LogP contribution is 2.15. The van der Waals surface area contributed by atoms with Gasteiger partial charge in [0.1, 0.15) is 13.2 Å². The summed E-state index contributed by atoms with van der Waals surface area (Å²) in [4.78, 5) is 38.2. The Balaban J connectivity index is 4.45. The highest BCUT2D eigenvalue weighted by atomic mass is 16.6. The zero-order chi connectivity index (χ0) is 50.7. The lowest BCUT2D eigenvalue weighted by Crippen LogP contribution is -2.30. The highest BCUT2D eigenvalue weighted by Gasteiger charge is 2.19. The van der Waals surface area contributed by atoms with Crippen molar-refractivity contribution in [2.45, 2.75) is 303 Å². The second-order valence-electron chi connectivity index (χ2n) is 19.9. The Morgan fingerprint density at radius 2 is 0.571 bits per heavy atom. The number of carbonyl (C=O) groups is 3. The molecule has 0 fully saturated rings. The summed E-state index contributed by atoms with van der Waals surface area (Å²) in [5.74, 6) is -0.954. The van der Waals surface area contributed by atoms with Gasteiger partial charge in [0.25, 0.3) is 0 Å². The molecule has 1 atom stereocenters. The smallest absolute Gasteiger partial charge is 0.306 e. The molecule has 0 rings (SSSR count). The summed E-state index contributed by atoms with van der Waals surface area (Å²) in [5, 5.41) is 0. The normalized spacial score (nSPS) is 12.6. The van der Waals surface area contributed by atoms with Gasteiger partial charge in [-0.2, -0.15) is 0 Å². The Kier molecular flexibility index (Phi) is 55.8. The average molecular weight is 978 g/mol. The standard InChI is InChI=1S/C64H112O6/c1-4-7-10-13-16-19-22-25-28-31-32-34-36-39-42-45-48-51-54-57-63(66)69-60-61(59-68-62(65)56-53-50-47-44-41-38-35-30-27-24-21-18-15-12-9-6-3)70-64(67)58-55-52-49-46-43-40-37-33-29-26-23-20-17-14-11-8-5-2/h16,19,22,25-26,29-30,35,37,40,46,49,61H,4-15,17-18,20-21,23-24,27-28,31-34,36,38-39,41-45,47-48,50-60H2,1-3H3/b19-16-,25-22-,29-26-,35-30-,40-37-,49-46-. The van der Waals surface area contributed by atoms with Crippen molar-refractivity contribution in [2.24, 2.45) is 0 Å². The van der Waals surface area contributed by atoms with Crippen LogP contribution in [0.3, 0.4) is 0 Å². The van der Waals surface area contributed by atoms with Crippen molar-refractivity contribution in [1.29, 1.82) is 0 Å². The SMILES string of the molecule is CCCCC/C=C\C=C/CCCCCCCCCCCCC(=O)OCC(COC(=O)CCCCCCC/C=C\CCCCCCCCC)OC(=O)CCC/C=C\C/C=C\C/C=C\CCCCCCCC. The Bertz CT molecular complexity index is 1310. The molecule has 1 unspecified atom stereocenters. The number of ether oxygens (including phenoxy) is 3. The number of hydrogen-bond acceptors (Lipinski definition) is 6. The van der Waals surface area contributed by atoms with Crippen LogP contribution in [-0.4, -0.2) is 37.2 Å². The van der Waals surface area contributed by atoms with Gasteiger partial charge in [-0.15, -0.1) is 0 Å². The van der Waals surface area contributed by atoms with Gasteiger partial charge < -0.3 is 14.2 Å². The molecule has 0 heterocycles. The maximum atomic E-state index is 12.8. The van der Waals surface area contributed by atoms with Crippen molar-refractivity contribution in [2.75, 3.05) is 13.2 Å². The van der Waals surface area contributed by atoms with E-state index in [2.05, 4.69) is 93.7 Å². The molecule has 0 aromatic carbocycles. The first kappa shape index (κ1) is 66.9. The van der Waals surface area contributed by atoms with Crippen LogP contribution in [0.5, 0.6) is 0 Å². The van der Waals surface area contributed by atoms with Gasteiger partial charge in [0, 0.05) is 19.3 Å². The molecule has 6 heteroatoms. The molecule has 0 saturated carbocycles. The Hall–Kier alpha value is -3.15. The first-order valence-corrected chi connectivity index (χ1v) is 30.0. The third-order valence-electron chi connectivity index (χ3n) is 12.9. The number of unbranched alkanes of at least 4 members (excludes halogenated alkanes) is 32. The summed E-state index contributed by atoms with van der Waals surface area (Å²) in [5.41, 5.74) is 0. The molecule has 0 aliphatic carbocycles. The van der Waals surface area contributed by atoms with Crippen LogP contribution in [0.4, 0.5) is 0 Å². The molecule has 0 spiro atoms. The minimum absolute atomic E-state index is 0.0989. The van der Waals surface area contributed by atoms with Crippen molar-refractivity contribution in [3.8, 4) is 0 Å². The van der Waals surface area contributed by atoms with Crippen LogP contribution in [-0.2, 0) is 28.6 Å². The van der Waals surface area contributed by atoms with Crippen molar-refractivity contribution in [3.63, 3.8) is 0 Å². The van der Waals surface area contributed by atoms with Crippen LogP contribution >= 0.6 is 0 Å². The predicted octanol–water partition coefficient (Wildman–Crippen LogP) is 20.2. The van der Waals surface area contributed by atoms with Gasteiger partial charge in [0.2, 0.25) is 0 Å². The molecule has 0 N–H and O–H groups in total. The Morgan fingerprint density at radius 1 is 0.300 bits per heavy atom. The lowest BCUT2D eigenvalue weighted by atomic mass is 10.1. The quantitative estimate of drug-likeness (QED) is 0.0199. The van der Waals surface area contributed by atoms with E-state index in [9.17, 15) is 14.4 Å². The van der Waals surface area contributed by atoms with Crippen LogP contribution in [0.15, 0.2) is 72.9 Å². The van der Waals surface area contributed by atoms with Crippen LogP contribution in [0.1, 0.15) is 297 Å². The monoisotopic (exact) mass is 977 g/mol. The summed E-state index contributed by atoms with van der Waals surface area (Å²) in [6.07, 6.45) is 74.7. The topological polar surface area (TPSA) is 78.9 Å². The molecule has 0 aromatic heterocycles. The van der Waals surface area contributed by atoms with Gasteiger partial charge >= 0.3 is 17.9 Å². The van der Waals surface area contributed by atoms with E-state index in [0.29, 0.717) is 19.3 Å². The summed E-state index contributed by atoms with van der Waals surface area (Å²) >= 11 is 0. The van der Waals surface area contributed by atoms with E-state index in [1.807, 2.05) is 0 Å². The van der Waals surface area contributed by atoms with E-state index in [1.165, 1.54) is 186 Å². The first-order valence-electron chi connectivity index (χ1n) is 30.0. The minimum Gasteiger partial charge on any atom is -0.462 e. The minimum atomic E-state index is -0.807. The van der Waals surface area contributed by atoms with Gasteiger partial charge in [-0.05, 0) is 103 Å². The van der Waals surface area contributed by atoms with E-state index < -0.39 is 6.10 Å². The average Bonchev–Trinajstić information content (AvgIpc) is 3.36. The van der Waals surface area contributed by atoms with Crippen LogP contribution in [0, 0.1) is 0 Å². The first-order chi connectivity index (χ1) is 34.5. The molecule has 70 heavy (non-hydrogen) atoms. The number of rotatable bonds is 54. The summed E-state index contributed by atoms with van der Waals surface area (Å²) in [6, 6.07) is 0. The molecule has 0 aliphatic heterocycles. The van der Waals surface area contributed by atoms with Gasteiger partial charge in [0.05, 0.1) is 0 Å². The molecular weight excluding hydrogens is 865 g/mol. The number of esters is 3. The molecule has 0 bridgehead atoms. The lowest BCUT2D eigenvalue weighted by molar-refractivity contribution is -0.167. The molecule has 404 valence electrons. The van der Waals surface area contributed by atoms with E-state index >= 15 is 0 Å². The third-order valence-corrected chi connectivity index (χ3v) is 12.9. The largest absolute Gasteiger partial charge is 0.462 e. The fourth-order valence-corrected chi connectivity index (χ4v) is 8.39. The van der Waals surface area contributed by atoms with E-state index in [-0.39, 0.29) is 37.5 Å². The van der Waals surface area contributed by atoms with Crippen LogP contribution < -0.4 is 0 Å². The third kappa shape index (κ3) is 55.8. The molecule has 0 aliphatic rings. The summed E-state index contributed by atoms with van der Waals surface area (Å²) in [7, 11) is 0. The zero-order valence-corrected chi connectivity index (χ0v) is 46.3. The summed E-state index contributed by atoms with van der Waals surface area (Å²) in [6.45, 7) is 6.58. The van der Waals surface area contributed by atoms with E-state index in [1.54, 1.807) is 0 Å². The van der Waals surface area contributed by atoms with Gasteiger partial charge in [0.15, 0.2) is 6.10 Å². The fraction of sp³-hybridized carbons (Fsp3) is 0.766. The fourth-order valence-electron chi connectivity index (χ4n) is 8.39. The van der Waals surface area contributed by atoms with Gasteiger partial charge in [-0.3, -0.25) is 14.4 Å². The highest BCUT2D eigenvalue weighted by molar-refractivity contribution is 5.71. The van der Waals surface area contributed by atoms with Crippen molar-refractivity contribution >= 4 is 17.9 Å². The van der Waals surface area contributed by atoms with E-state index in [4.69, 9.17) is 14.2 Å². The molecule has 0 saturated heterocycles. The van der Waals surface area contributed by atoms with Gasteiger partial charge in [-0.25, -0.2) is 0 Å². The maximum absolute atomic E-state index is 12.8. The molecule has 0 amide bonds. The maximum Gasteiger partial charge on any atom is 0.306 e. The molecular formula is C64H112O6. The summed E-state index contributed by atoms with van der Waals surface area (Å²) < 4.78 is 16.8. The second kappa shape index (κ2) is 58.4. The van der Waals surface area contributed by atoms with Crippen molar-refractivity contribution in [3.05, 3.63) is 72.9 Å². The predicted molar refractivity (Wildman–Crippen MR) is 302 cm³/mol. The number of carbonyl (C=O) groups excluding carboxylic acids is 3. The second-order valence-corrected chi connectivity index (χ2v) is 19.9. The zero-order valence-electron chi connectivity index (χ0n) is 46.3. The van der Waals surface area contributed by atoms with E-state index in [0.717, 1.165) is 64.2 Å².